The number of hydrogen-bond donors (Lipinski definition) is 1. The topological polar surface area (TPSA) is 64.1 Å². The number of likely N-dealkylation sites (N-methyl/N-ethyl adjacent to an activating group) is 1. The zero-order valence-electron chi connectivity index (χ0n) is 36.2. The Labute approximate surface area is 358 Å². The minimum Gasteiger partial charge on any atom is -0.395 e. The monoisotopic (exact) mass is 827 g/mol. The summed E-state index contributed by atoms with van der Waals surface area (Å²) in [6, 6.07) is 20.9. The Balaban J connectivity index is 1.34. The van der Waals surface area contributed by atoms with Crippen molar-refractivity contribution in [2.45, 2.75) is 138 Å². The van der Waals surface area contributed by atoms with Crippen LogP contribution in [0.5, 0.6) is 0 Å². The van der Waals surface area contributed by atoms with E-state index in [-0.39, 0.29) is 24.3 Å². The SMILES string of the molecule is CCCCN(CCC)c1ccc2c(c1)[Si](C1CCCCC1)(C1CCCCC1)C1=CC(=O)C=CC1=C2c1ccc2c(c1)Sc1cc(C(=O)N(C)CCO)ccc1N2C(C)C. The van der Waals surface area contributed by atoms with Gasteiger partial charge < -0.3 is 19.8 Å². The summed E-state index contributed by atoms with van der Waals surface area (Å²) in [6.45, 7) is 11.4. The molecule has 3 aromatic carbocycles. The Morgan fingerprint density at radius 1 is 0.831 bits per heavy atom. The molecule has 5 aliphatic rings. The average Bonchev–Trinajstić information content (AvgIpc) is 3.26. The molecular weight excluding hydrogens is 763 g/mol. The van der Waals surface area contributed by atoms with Gasteiger partial charge in [0.1, 0.15) is 8.07 Å². The van der Waals surface area contributed by atoms with E-state index in [4.69, 9.17) is 0 Å². The first kappa shape index (κ1) is 41.9. The number of aliphatic hydroxyl groups is 1. The molecule has 312 valence electrons. The van der Waals surface area contributed by atoms with Gasteiger partial charge in [-0.1, -0.05) is 114 Å². The highest BCUT2D eigenvalue weighted by Gasteiger charge is 2.56. The molecule has 0 spiro atoms. The van der Waals surface area contributed by atoms with Crippen LogP contribution in [0.2, 0.25) is 11.1 Å². The number of rotatable bonds is 13. The molecule has 59 heavy (non-hydrogen) atoms. The van der Waals surface area contributed by atoms with E-state index in [0.29, 0.717) is 23.2 Å². The lowest BCUT2D eigenvalue weighted by molar-refractivity contribution is -0.110. The van der Waals surface area contributed by atoms with Crippen LogP contribution in [0.15, 0.2) is 93.4 Å². The van der Waals surface area contributed by atoms with Crippen LogP contribution in [0.1, 0.15) is 133 Å². The van der Waals surface area contributed by atoms with Crippen molar-refractivity contribution in [1.29, 1.82) is 0 Å². The van der Waals surface area contributed by atoms with E-state index in [1.165, 1.54) is 121 Å². The highest BCUT2D eigenvalue weighted by Crippen LogP contribution is 2.58. The highest BCUT2D eigenvalue weighted by atomic mass is 32.2. The lowest BCUT2D eigenvalue weighted by Crippen LogP contribution is -2.61. The molecule has 0 saturated heterocycles. The molecule has 0 radical (unpaired) electrons. The normalized spacial score (nSPS) is 18.9. The van der Waals surface area contributed by atoms with E-state index in [1.54, 1.807) is 28.9 Å². The first-order valence-electron chi connectivity index (χ1n) is 22.9. The van der Waals surface area contributed by atoms with Gasteiger partial charge in [0.25, 0.3) is 5.91 Å². The molecule has 2 fully saturated rings. The van der Waals surface area contributed by atoms with Crippen molar-refractivity contribution in [3.63, 3.8) is 0 Å². The van der Waals surface area contributed by atoms with E-state index in [9.17, 15) is 14.7 Å². The summed E-state index contributed by atoms with van der Waals surface area (Å²) in [5.41, 5.74) is 10.7. The molecule has 0 atom stereocenters. The highest BCUT2D eigenvalue weighted by molar-refractivity contribution is 7.99. The summed E-state index contributed by atoms with van der Waals surface area (Å²) in [7, 11) is -0.761. The number of nitrogens with zero attached hydrogens (tertiary/aromatic N) is 3. The fourth-order valence-corrected chi connectivity index (χ4v) is 20.0. The van der Waals surface area contributed by atoms with Crippen molar-refractivity contribution in [2.75, 3.05) is 43.1 Å². The van der Waals surface area contributed by atoms with E-state index in [2.05, 4.69) is 92.1 Å². The Bertz CT molecular complexity index is 2140. The third-order valence-corrected chi connectivity index (χ3v) is 21.5. The number of anilines is 3. The Kier molecular flexibility index (Phi) is 12.8. The molecule has 0 unspecified atom stereocenters. The molecule has 2 aliphatic heterocycles. The Morgan fingerprint density at radius 2 is 1.51 bits per heavy atom. The minimum absolute atomic E-state index is 0.0669. The maximum Gasteiger partial charge on any atom is 0.253 e. The van der Waals surface area contributed by atoms with Gasteiger partial charge in [0.15, 0.2) is 5.78 Å². The van der Waals surface area contributed by atoms with Gasteiger partial charge in [0.2, 0.25) is 0 Å². The zero-order chi connectivity index (χ0) is 41.3. The van der Waals surface area contributed by atoms with Crippen LogP contribution >= 0.6 is 11.8 Å². The summed E-state index contributed by atoms with van der Waals surface area (Å²) < 4.78 is 0. The van der Waals surface area contributed by atoms with Crippen LogP contribution in [0.3, 0.4) is 0 Å². The van der Waals surface area contributed by atoms with Gasteiger partial charge in [0, 0.05) is 53.8 Å². The van der Waals surface area contributed by atoms with Crippen LogP contribution < -0.4 is 15.0 Å². The van der Waals surface area contributed by atoms with Crippen LogP contribution in [-0.2, 0) is 4.79 Å². The second-order valence-corrected chi connectivity index (χ2v) is 23.6. The van der Waals surface area contributed by atoms with E-state index >= 15 is 0 Å². The van der Waals surface area contributed by atoms with Crippen molar-refractivity contribution in [3.8, 4) is 0 Å². The second-order valence-electron chi connectivity index (χ2n) is 18.1. The van der Waals surface area contributed by atoms with Gasteiger partial charge >= 0.3 is 0 Å². The maximum absolute atomic E-state index is 13.8. The predicted molar refractivity (Wildman–Crippen MR) is 249 cm³/mol. The summed E-state index contributed by atoms with van der Waals surface area (Å²) in [6.07, 6.45) is 22.6. The van der Waals surface area contributed by atoms with Crippen molar-refractivity contribution in [1.82, 2.24) is 4.90 Å². The van der Waals surface area contributed by atoms with Gasteiger partial charge in [-0.15, -0.1) is 0 Å². The van der Waals surface area contributed by atoms with Crippen LogP contribution in [0.4, 0.5) is 17.1 Å². The number of allylic oxidation sites excluding steroid dienone is 5. The van der Waals surface area contributed by atoms with E-state index < -0.39 is 8.07 Å². The fraction of sp³-hybridized carbons (Fsp3) is 0.490. The van der Waals surface area contributed by atoms with Crippen LogP contribution in [0.25, 0.3) is 5.57 Å². The second kappa shape index (κ2) is 18.0. The quantitative estimate of drug-likeness (QED) is 0.173. The molecule has 2 heterocycles. The molecule has 0 bridgehead atoms. The molecule has 1 N–H and O–H groups in total. The smallest absolute Gasteiger partial charge is 0.253 e. The lowest BCUT2D eigenvalue weighted by Gasteiger charge is -2.53. The maximum atomic E-state index is 13.8. The van der Waals surface area contributed by atoms with Gasteiger partial charge in [-0.3, -0.25) is 9.59 Å². The molecule has 8 rings (SSSR count). The lowest BCUT2D eigenvalue weighted by atomic mass is 9.89. The van der Waals surface area contributed by atoms with Gasteiger partial charge in [0.05, 0.1) is 18.0 Å². The number of hydrogen-bond acceptors (Lipinski definition) is 6. The van der Waals surface area contributed by atoms with Gasteiger partial charge in [-0.25, -0.2) is 0 Å². The minimum atomic E-state index is -2.51. The van der Waals surface area contributed by atoms with Crippen LogP contribution in [0, 0.1) is 0 Å². The molecular formula is C51H65N3O3SSi. The third-order valence-electron chi connectivity index (χ3n) is 14.1. The van der Waals surface area contributed by atoms with Crippen molar-refractivity contribution >= 4 is 59.3 Å². The number of unbranched alkanes of at least 4 members (excludes halogenated alkanes) is 1. The van der Waals surface area contributed by atoms with Crippen LogP contribution in [-0.4, -0.2) is 69.1 Å². The van der Waals surface area contributed by atoms with E-state index in [1.807, 2.05) is 18.2 Å². The Hall–Kier alpha value is -3.85. The molecule has 0 aromatic heterocycles. The fourth-order valence-electron chi connectivity index (χ4n) is 11.4. The summed E-state index contributed by atoms with van der Waals surface area (Å²) in [5.74, 6) is 0.0684. The summed E-state index contributed by atoms with van der Waals surface area (Å²) >= 11 is 1.75. The van der Waals surface area contributed by atoms with E-state index in [0.717, 1.165) is 30.1 Å². The molecule has 3 aromatic rings. The number of amides is 1. The number of carbonyl (C=O) groups is 2. The largest absolute Gasteiger partial charge is 0.395 e. The standard InChI is InChI=1S/C51H65N3O3SSi/c1-6-8-28-53(27-7-2)38-21-23-42-48(33-38)59(40-15-11-9-12-16-40,41-17-13-10-14-18-41)49-34-39(56)22-24-43(49)50(42)36-19-25-44-46(31-36)58-47-32-37(51(57)52(5)29-30-55)20-26-45(47)54(44)35(3)4/h19-26,31-35,40-41,55H,6-18,27-30H2,1-5H3. The van der Waals surface area contributed by atoms with Gasteiger partial charge in [-0.05, 0) is 125 Å². The molecule has 3 aliphatic carbocycles. The summed E-state index contributed by atoms with van der Waals surface area (Å²) in [5, 5.41) is 12.6. The number of carbonyl (C=O) groups excluding carboxylic acids is 2. The first-order valence-corrected chi connectivity index (χ1v) is 25.9. The van der Waals surface area contributed by atoms with Gasteiger partial charge in [-0.2, -0.15) is 0 Å². The molecule has 6 nitrogen and oxygen atoms in total. The number of fused-ring (bicyclic) bond motifs is 4. The predicted octanol–water partition coefficient (Wildman–Crippen LogP) is 11.5. The number of ketones is 1. The number of benzene rings is 3. The molecule has 2 saturated carbocycles. The number of aliphatic hydroxyl groups excluding tert-OH is 1. The molecule has 1 amide bonds. The Morgan fingerprint density at radius 3 is 2.15 bits per heavy atom. The van der Waals surface area contributed by atoms with Crippen molar-refractivity contribution in [3.05, 3.63) is 100 Å². The van der Waals surface area contributed by atoms with Crippen molar-refractivity contribution < 1.29 is 14.7 Å². The zero-order valence-corrected chi connectivity index (χ0v) is 38.0. The third kappa shape index (κ3) is 7.72. The molecule has 8 heteroatoms. The summed E-state index contributed by atoms with van der Waals surface area (Å²) in [4.78, 5) is 36.1. The van der Waals surface area contributed by atoms with Crippen molar-refractivity contribution in [2.24, 2.45) is 0 Å². The first-order chi connectivity index (χ1) is 28.7. The average molecular weight is 828 g/mol.